The van der Waals surface area contributed by atoms with E-state index in [2.05, 4.69) is 31.2 Å². The van der Waals surface area contributed by atoms with E-state index in [1.807, 2.05) is 45.9 Å². The number of alkyl halides is 3. The van der Waals surface area contributed by atoms with E-state index in [0.717, 1.165) is 39.3 Å². The number of nitrogens with two attached hydrogens (primary N) is 1. The Bertz CT molecular complexity index is 1780. The van der Waals surface area contributed by atoms with Gasteiger partial charge in [0.15, 0.2) is 5.78 Å². The van der Waals surface area contributed by atoms with Gasteiger partial charge in [-0.15, -0.1) is 11.8 Å². The van der Waals surface area contributed by atoms with Crippen LogP contribution in [0.1, 0.15) is 66.0 Å². The van der Waals surface area contributed by atoms with Crippen LogP contribution in [-0.4, -0.2) is 5.78 Å². The van der Waals surface area contributed by atoms with Gasteiger partial charge in [0.1, 0.15) is 5.82 Å². The highest BCUT2D eigenvalue weighted by molar-refractivity contribution is 7.98. The van der Waals surface area contributed by atoms with Gasteiger partial charge < -0.3 is 5.73 Å². The maximum absolute atomic E-state index is 14.0. The lowest BCUT2D eigenvalue weighted by Crippen LogP contribution is -2.42. The molecule has 44 heavy (non-hydrogen) atoms. The van der Waals surface area contributed by atoms with Gasteiger partial charge in [-0.3, -0.25) is 9.69 Å². The molecule has 1 unspecified atom stereocenters. The summed E-state index contributed by atoms with van der Waals surface area (Å²) in [4.78, 5) is 16.6. The third-order valence-corrected chi connectivity index (χ3v) is 9.93. The topological polar surface area (TPSA) is 70.1 Å². The van der Waals surface area contributed by atoms with Crippen molar-refractivity contribution in [1.29, 1.82) is 5.26 Å². The van der Waals surface area contributed by atoms with Crippen LogP contribution in [-0.2, 0) is 16.7 Å². The predicted molar refractivity (Wildman–Crippen MR) is 170 cm³/mol. The summed E-state index contributed by atoms with van der Waals surface area (Å²) in [6, 6.07) is 17.5. The van der Waals surface area contributed by atoms with Crippen molar-refractivity contribution in [2.75, 3.05) is 4.90 Å². The second-order valence-corrected chi connectivity index (χ2v) is 13.8. The SMILES string of the molecule is Cc1cc(CSc2ccccc2C)c(C)c(C2C(C#N)=C(N)N(c3cc(C(F)(F)F)ccc3Cl)C3=C2C(=O)CC(C)(C)C3)c1. The number of carbonyl (C=O) groups is 1. The van der Waals surface area contributed by atoms with E-state index >= 15 is 0 Å². The van der Waals surface area contributed by atoms with Gasteiger partial charge >= 0.3 is 6.18 Å². The molecule has 1 aliphatic heterocycles. The summed E-state index contributed by atoms with van der Waals surface area (Å²) in [7, 11) is 0. The minimum Gasteiger partial charge on any atom is -0.384 e. The lowest BCUT2D eigenvalue weighted by Gasteiger charge is -2.44. The Morgan fingerprint density at radius 3 is 2.45 bits per heavy atom. The van der Waals surface area contributed by atoms with Gasteiger partial charge in [-0.05, 0) is 79.1 Å². The highest BCUT2D eigenvalue weighted by atomic mass is 35.5. The second-order valence-electron chi connectivity index (χ2n) is 12.3. The summed E-state index contributed by atoms with van der Waals surface area (Å²) in [5.41, 5.74) is 11.2. The van der Waals surface area contributed by atoms with E-state index in [9.17, 15) is 23.2 Å². The molecule has 3 aromatic carbocycles. The highest BCUT2D eigenvalue weighted by Crippen LogP contribution is 2.52. The standard InChI is InChI=1S/C35H33ClF3N3OS/c1-19-12-22(18-44-30-9-7-6-8-20(30)2)21(3)24(13-19)31-25(17-40)33(41)42(28-15-34(4,5)16-29(43)32(28)31)27-14-23(35(37,38)39)10-11-26(27)36/h6-14,31H,15-16,18,41H2,1-5H3. The first-order valence-corrected chi connectivity index (χ1v) is 15.6. The number of Topliss-reactive ketones (excluding diaryl/α,β-unsaturated/α-hetero) is 1. The fraction of sp³-hybridized carbons (Fsp3) is 0.314. The molecule has 228 valence electrons. The molecule has 0 spiro atoms. The number of hydrogen-bond acceptors (Lipinski definition) is 5. The van der Waals surface area contributed by atoms with Crippen LogP contribution < -0.4 is 10.6 Å². The fourth-order valence-electron chi connectivity index (χ4n) is 6.24. The zero-order chi connectivity index (χ0) is 32.1. The molecule has 9 heteroatoms. The molecule has 4 nitrogen and oxygen atoms in total. The number of halogens is 4. The van der Waals surface area contributed by atoms with Crippen LogP contribution in [0.25, 0.3) is 0 Å². The lowest BCUT2D eigenvalue weighted by atomic mass is 9.68. The third-order valence-electron chi connectivity index (χ3n) is 8.38. The molecule has 0 bridgehead atoms. The van der Waals surface area contributed by atoms with Crippen LogP contribution in [0.3, 0.4) is 0 Å². The molecule has 2 N–H and O–H groups in total. The van der Waals surface area contributed by atoms with Crippen molar-refractivity contribution < 1.29 is 18.0 Å². The Kier molecular flexibility index (Phi) is 8.43. The zero-order valence-corrected chi connectivity index (χ0v) is 26.8. The molecule has 1 aliphatic carbocycles. The van der Waals surface area contributed by atoms with Gasteiger partial charge in [0.05, 0.1) is 33.8 Å². The van der Waals surface area contributed by atoms with Crippen LogP contribution in [0, 0.1) is 37.5 Å². The van der Waals surface area contributed by atoms with Crippen molar-refractivity contribution in [3.63, 3.8) is 0 Å². The van der Waals surface area contributed by atoms with Crippen molar-refractivity contribution in [3.05, 3.63) is 116 Å². The van der Waals surface area contributed by atoms with E-state index in [4.69, 9.17) is 17.3 Å². The molecule has 1 atom stereocenters. The minimum atomic E-state index is -4.63. The van der Waals surface area contributed by atoms with Crippen LogP contribution >= 0.6 is 23.4 Å². The number of aryl methyl sites for hydroxylation is 2. The summed E-state index contributed by atoms with van der Waals surface area (Å²) < 4.78 is 41.4. The van der Waals surface area contributed by atoms with Crippen LogP contribution in [0.15, 0.2) is 82.2 Å². The summed E-state index contributed by atoms with van der Waals surface area (Å²) in [6.07, 6.45) is -4.04. The number of hydrogen-bond donors (Lipinski definition) is 1. The van der Waals surface area contributed by atoms with E-state index < -0.39 is 23.1 Å². The van der Waals surface area contributed by atoms with Gasteiger partial charge in [0.25, 0.3) is 0 Å². The highest BCUT2D eigenvalue weighted by Gasteiger charge is 2.46. The van der Waals surface area contributed by atoms with E-state index in [-0.39, 0.29) is 34.3 Å². The van der Waals surface area contributed by atoms with Crippen molar-refractivity contribution in [3.8, 4) is 6.07 Å². The van der Waals surface area contributed by atoms with Gasteiger partial charge in [0, 0.05) is 28.3 Å². The number of anilines is 1. The average Bonchev–Trinajstić information content (AvgIpc) is 2.93. The maximum atomic E-state index is 14.0. The Labute approximate surface area is 265 Å². The van der Waals surface area contributed by atoms with Crippen LogP contribution in [0.2, 0.25) is 5.02 Å². The maximum Gasteiger partial charge on any atom is 0.416 e. The average molecular weight is 636 g/mol. The molecule has 0 saturated heterocycles. The Morgan fingerprint density at radius 2 is 1.80 bits per heavy atom. The number of ketones is 1. The predicted octanol–water partition coefficient (Wildman–Crippen LogP) is 9.52. The monoisotopic (exact) mass is 635 g/mol. The molecular formula is C35H33ClF3N3OS. The van der Waals surface area contributed by atoms with Gasteiger partial charge in [0.2, 0.25) is 0 Å². The number of nitriles is 1. The fourth-order valence-corrected chi connectivity index (χ4v) is 7.53. The molecule has 0 radical (unpaired) electrons. The van der Waals surface area contributed by atoms with E-state index in [0.29, 0.717) is 23.4 Å². The molecule has 0 fully saturated rings. The minimum absolute atomic E-state index is 0.0144. The third kappa shape index (κ3) is 5.88. The molecule has 5 rings (SSSR count). The van der Waals surface area contributed by atoms with E-state index in [1.165, 1.54) is 16.5 Å². The number of nitrogens with zero attached hydrogens (tertiary/aromatic N) is 2. The molecule has 0 amide bonds. The molecule has 0 aromatic heterocycles. The van der Waals surface area contributed by atoms with Gasteiger partial charge in [-0.25, -0.2) is 0 Å². The Balaban J connectivity index is 1.71. The van der Waals surface area contributed by atoms with Gasteiger partial charge in [-0.2, -0.15) is 18.4 Å². The summed E-state index contributed by atoms with van der Waals surface area (Å²) in [5, 5.41) is 10.6. The first-order valence-electron chi connectivity index (χ1n) is 14.2. The Morgan fingerprint density at radius 1 is 1.09 bits per heavy atom. The summed E-state index contributed by atoms with van der Waals surface area (Å²) in [6.45, 7) is 9.91. The number of thioether (sulfide) groups is 1. The smallest absolute Gasteiger partial charge is 0.384 e. The zero-order valence-electron chi connectivity index (χ0n) is 25.2. The first-order chi connectivity index (χ1) is 20.6. The normalized spacial score (nSPS) is 18.4. The van der Waals surface area contributed by atoms with Gasteiger partial charge in [-0.1, -0.05) is 61.3 Å². The van der Waals surface area contributed by atoms with Crippen molar-refractivity contribution in [2.24, 2.45) is 11.1 Å². The quantitative estimate of drug-likeness (QED) is 0.283. The Hall–Kier alpha value is -3.67. The largest absolute Gasteiger partial charge is 0.416 e. The summed E-state index contributed by atoms with van der Waals surface area (Å²) in [5.74, 6) is -0.273. The summed E-state index contributed by atoms with van der Waals surface area (Å²) >= 11 is 8.23. The molecular weight excluding hydrogens is 603 g/mol. The molecule has 3 aromatic rings. The van der Waals surface area contributed by atoms with Crippen molar-refractivity contribution >= 4 is 34.8 Å². The number of allylic oxidation sites excluding steroid dienone is 3. The van der Waals surface area contributed by atoms with E-state index in [1.54, 1.807) is 11.8 Å². The number of rotatable bonds is 5. The molecule has 0 saturated carbocycles. The van der Waals surface area contributed by atoms with Crippen molar-refractivity contribution in [2.45, 2.75) is 70.2 Å². The molecule has 2 aliphatic rings. The first kappa shape index (κ1) is 31.7. The number of carbonyl (C=O) groups excluding carboxylic acids is 1. The van der Waals surface area contributed by atoms with Crippen LogP contribution in [0.5, 0.6) is 0 Å². The second kappa shape index (κ2) is 11.7. The van der Waals surface area contributed by atoms with Crippen LogP contribution in [0.4, 0.5) is 18.9 Å². The molecule has 1 heterocycles. The lowest BCUT2D eigenvalue weighted by molar-refractivity contribution is -0.137. The van der Waals surface area contributed by atoms with Crippen molar-refractivity contribution in [1.82, 2.24) is 0 Å². The number of benzene rings is 3.